The molecule has 2 aliphatic rings. The van der Waals surface area contributed by atoms with Gasteiger partial charge in [0.2, 0.25) is 0 Å². The van der Waals surface area contributed by atoms with Gasteiger partial charge < -0.3 is 29.3 Å². The number of fused-ring (bicyclic) bond motifs is 2. The van der Waals surface area contributed by atoms with E-state index in [2.05, 4.69) is 6.58 Å². The van der Waals surface area contributed by atoms with Crippen molar-refractivity contribution in [2.24, 2.45) is 0 Å². The molecule has 0 saturated heterocycles. The lowest BCUT2D eigenvalue weighted by Crippen LogP contribution is -2.54. The fraction of sp³-hybridized carbons (Fsp3) is 0.280. The Kier molecular flexibility index (Phi) is 6.47. The van der Waals surface area contributed by atoms with E-state index in [1.165, 1.54) is 30.2 Å². The molecule has 2 aliphatic heterocycles. The first-order valence-electron chi connectivity index (χ1n) is 10.7. The minimum atomic E-state index is -1.43. The van der Waals surface area contributed by atoms with Gasteiger partial charge in [0.05, 0.1) is 31.5 Å². The molecule has 178 valence electrons. The molecular weight excluding hydrogens is 440 g/mol. The molecule has 0 aliphatic carbocycles. The Morgan fingerprint density at radius 2 is 1.94 bits per heavy atom. The third-order valence-electron chi connectivity index (χ3n) is 6.00. The van der Waals surface area contributed by atoms with Gasteiger partial charge in [-0.3, -0.25) is 4.79 Å². The van der Waals surface area contributed by atoms with Crippen LogP contribution in [-0.2, 0) is 4.74 Å². The van der Waals surface area contributed by atoms with Crippen molar-refractivity contribution in [2.75, 3.05) is 32.3 Å². The van der Waals surface area contributed by atoms with Crippen molar-refractivity contribution in [1.82, 2.24) is 4.90 Å². The predicted octanol–water partition coefficient (Wildman–Crippen LogP) is 3.17. The summed E-state index contributed by atoms with van der Waals surface area (Å²) >= 11 is 0. The highest BCUT2D eigenvalue weighted by atomic mass is 16.6. The summed E-state index contributed by atoms with van der Waals surface area (Å²) in [5.41, 5.74) is 1.97. The van der Waals surface area contributed by atoms with Gasteiger partial charge in [-0.25, -0.2) is 9.69 Å². The Morgan fingerprint density at radius 3 is 2.59 bits per heavy atom. The maximum atomic E-state index is 13.5. The zero-order valence-corrected chi connectivity index (χ0v) is 18.9. The van der Waals surface area contributed by atoms with Crippen LogP contribution in [0.2, 0.25) is 0 Å². The molecule has 2 amide bonds. The normalized spacial score (nSPS) is 19.4. The van der Waals surface area contributed by atoms with Crippen LogP contribution in [0, 0.1) is 0 Å². The van der Waals surface area contributed by atoms with Crippen LogP contribution in [0.4, 0.5) is 10.5 Å². The van der Waals surface area contributed by atoms with Gasteiger partial charge in [0.25, 0.3) is 5.91 Å². The van der Waals surface area contributed by atoms with E-state index in [9.17, 15) is 19.8 Å². The number of phenolic OH excluding ortho intramolecular Hbond substituents is 1. The van der Waals surface area contributed by atoms with Crippen molar-refractivity contribution in [3.63, 3.8) is 0 Å². The zero-order chi connectivity index (χ0) is 24.4. The lowest BCUT2D eigenvalue weighted by molar-refractivity contribution is 0.0397. The highest BCUT2D eigenvalue weighted by Crippen LogP contribution is 2.41. The van der Waals surface area contributed by atoms with Crippen LogP contribution >= 0.6 is 0 Å². The second kappa shape index (κ2) is 9.48. The number of methoxy groups -OCH3 is 2. The Balaban J connectivity index is 1.78. The second-order valence-corrected chi connectivity index (χ2v) is 7.88. The first-order chi connectivity index (χ1) is 16.4. The molecule has 2 N–H and O–H groups in total. The quantitative estimate of drug-likeness (QED) is 0.652. The van der Waals surface area contributed by atoms with Gasteiger partial charge in [0, 0.05) is 12.6 Å². The molecule has 9 nitrogen and oxygen atoms in total. The molecule has 0 saturated carbocycles. The highest BCUT2D eigenvalue weighted by molar-refractivity contribution is 6.06. The van der Waals surface area contributed by atoms with Crippen molar-refractivity contribution < 1.29 is 34.0 Å². The number of rotatable bonds is 5. The van der Waals surface area contributed by atoms with E-state index in [0.717, 1.165) is 16.0 Å². The summed E-state index contributed by atoms with van der Waals surface area (Å²) in [6, 6.07) is 9.30. The van der Waals surface area contributed by atoms with Crippen molar-refractivity contribution in [3.05, 3.63) is 66.3 Å². The van der Waals surface area contributed by atoms with E-state index in [-0.39, 0.29) is 35.9 Å². The molecule has 0 spiro atoms. The fourth-order valence-corrected chi connectivity index (χ4v) is 4.27. The van der Waals surface area contributed by atoms with Crippen LogP contribution in [0.1, 0.15) is 22.3 Å². The van der Waals surface area contributed by atoms with Gasteiger partial charge in [-0.05, 0) is 35.8 Å². The first-order valence-corrected chi connectivity index (χ1v) is 10.7. The van der Waals surface area contributed by atoms with E-state index in [1.54, 1.807) is 7.11 Å². The Bertz CT molecular complexity index is 1140. The minimum absolute atomic E-state index is 0.0326. The van der Waals surface area contributed by atoms with E-state index in [4.69, 9.17) is 14.2 Å². The molecule has 9 heteroatoms. The van der Waals surface area contributed by atoms with E-state index < -0.39 is 24.3 Å². The first kappa shape index (κ1) is 23.2. The van der Waals surface area contributed by atoms with Gasteiger partial charge in [0.1, 0.15) is 12.4 Å². The number of phenols is 1. The standard InChI is InChI=1S/C25H26N2O7/c1-4-11-34-25(31)27-19-14-21(28)22(33-3)13-18(19)23(29)26-10-9-16(12-20(26)24(27)30)15-5-7-17(32-2)8-6-15/h4-9,13-14,20,24,28,30H,1,10-12H2,2-3H3. The highest BCUT2D eigenvalue weighted by Gasteiger charge is 2.44. The number of hydrogen-bond donors (Lipinski definition) is 2. The van der Waals surface area contributed by atoms with Crippen molar-refractivity contribution in [1.29, 1.82) is 0 Å². The average molecular weight is 466 g/mol. The third-order valence-corrected chi connectivity index (χ3v) is 6.00. The maximum absolute atomic E-state index is 13.5. The molecular formula is C25H26N2O7. The fourth-order valence-electron chi connectivity index (χ4n) is 4.27. The predicted molar refractivity (Wildman–Crippen MR) is 125 cm³/mol. The Morgan fingerprint density at radius 1 is 1.21 bits per heavy atom. The molecule has 2 heterocycles. The summed E-state index contributed by atoms with van der Waals surface area (Å²) in [5.74, 6) is 0.110. The minimum Gasteiger partial charge on any atom is -0.504 e. The molecule has 4 rings (SSSR count). The molecule has 2 unspecified atom stereocenters. The largest absolute Gasteiger partial charge is 0.504 e. The van der Waals surface area contributed by atoms with Crippen molar-refractivity contribution in [2.45, 2.75) is 18.7 Å². The number of amides is 2. The monoisotopic (exact) mass is 466 g/mol. The molecule has 2 atom stereocenters. The topological polar surface area (TPSA) is 109 Å². The SMILES string of the molecule is C=CCOC(=O)N1c2cc(O)c(OC)cc2C(=O)N2CC=C(c3ccc(OC)cc3)CC2C1O. The lowest BCUT2D eigenvalue weighted by Gasteiger charge is -2.38. The van der Waals surface area contributed by atoms with Crippen LogP contribution in [-0.4, -0.2) is 66.8 Å². The van der Waals surface area contributed by atoms with Gasteiger partial charge >= 0.3 is 6.09 Å². The van der Waals surface area contributed by atoms with Crippen LogP contribution < -0.4 is 14.4 Å². The summed E-state index contributed by atoms with van der Waals surface area (Å²) in [7, 11) is 2.95. The number of aromatic hydroxyl groups is 1. The maximum Gasteiger partial charge on any atom is 0.416 e. The number of hydrogen-bond acceptors (Lipinski definition) is 7. The summed E-state index contributed by atoms with van der Waals surface area (Å²) in [5, 5.41) is 21.7. The van der Waals surface area contributed by atoms with Crippen LogP contribution in [0.5, 0.6) is 17.2 Å². The smallest absolute Gasteiger partial charge is 0.416 e. The van der Waals surface area contributed by atoms with E-state index in [0.29, 0.717) is 12.2 Å². The van der Waals surface area contributed by atoms with Crippen molar-refractivity contribution in [3.8, 4) is 17.2 Å². The molecule has 34 heavy (non-hydrogen) atoms. The van der Waals surface area contributed by atoms with Crippen molar-refractivity contribution >= 4 is 23.3 Å². The summed E-state index contributed by atoms with van der Waals surface area (Å²) in [6.45, 7) is 3.67. The average Bonchev–Trinajstić information content (AvgIpc) is 2.94. The summed E-state index contributed by atoms with van der Waals surface area (Å²) in [6.07, 6.45) is 1.32. The number of carbonyl (C=O) groups excluding carboxylic acids is 2. The molecule has 0 bridgehead atoms. The van der Waals surface area contributed by atoms with Crippen LogP contribution in [0.25, 0.3) is 5.57 Å². The number of carbonyl (C=O) groups is 2. The Hall–Kier alpha value is -3.98. The zero-order valence-electron chi connectivity index (χ0n) is 18.9. The van der Waals surface area contributed by atoms with Crippen LogP contribution in [0.15, 0.2) is 55.1 Å². The molecule has 0 aromatic heterocycles. The van der Waals surface area contributed by atoms with Gasteiger partial charge in [-0.15, -0.1) is 0 Å². The summed E-state index contributed by atoms with van der Waals surface area (Å²) < 4.78 is 15.6. The molecule has 2 aromatic rings. The van der Waals surface area contributed by atoms with Gasteiger partial charge in [-0.1, -0.05) is 30.9 Å². The number of aliphatic hydroxyl groups excluding tert-OH is 1. The lowest BCUT2D eigenvalue weighted by atomic mass is 9.92. The molecule has 0 radical (unpaired) electrons. The van der Waals surface area contributed by atoms with E-state index >= 15 is 0 Å². The number of aliphatic hydroxyl groups is 1. The summed E-state index contributed by atoms with van der Waals surface area (Å²) in [4.78, 5) is 29.0. The third kappa shape index (κ3) is 4.06. The van der Waals surface area contributed by atoms with Gasteiger partial charge in [0.15, 0.2) is 17.7 Å². The number of anilines is 1. The second-order valence-electron chi connectivity index (χ2n) is 7.88. The number of benzene rings is 2. The van der Waals surface area contributed by atoms with E-state index in [1.807, 2.05) is 30.3 Å². The van der Waals surface area contributed by atoms with Gasteiger partial charge in [-0.2, -0.15) is 0 Å². The van der Waals surface area contributed by atoms with Crippen LogP contribution in [0.3, 0.4) is 0 Å². The number of nitrogens with zero attached hydrogens (tertiary/aromatic N) is 2. The number of ether oxygens (including phenoxy) is 3. The molecule has 0 fully saturated rings. The Labute approximate surface area is 197 Å². The molecule has 2 aromatic carbocycles.